The highest BCUT2D eigenvalue weighted by Crippen LogP contribution is 1.97. The third-order valence-electron chi connectivity index (χ3n) is 1.62. The van der Waals surface area contributed by atoms with E-state index in [2.05, 4.69) is 17.2 Å². The van der Waals surface area contributed by atoms with E-state index in [-0.39, 0.29) is 0 Å². The number of rotatable bonds is 5. The van der Waals surface area contributed by atoms with Gasteiger partial charge in [-0.3, -0.25) is 4.68 Å². The van der Waals surface area contributed by atoms with Gasteiger partial charge in [-0.25, -0.2) is 0 Å². The van der Waals surface area contributed by atoms with Gasteiger partial charge in [0, 0.05) is 13.7 Å². The molecule has 0 atom stereocenters. The van der Waals surface area contributed by atoms with Crippen LogP contribution in [-0.2, 0) is 17.9 Å². The lowest BCUT2D eigenvalue weighted by Gasteiger charge is -1.95. The number of hydrogen-bond acceptors (Lipinski definition) is 3. The van der Waals surface area contributed by atoms with Gasteiger partial charge in [0.15, 0.2) is 0 Å². The number of ether oxygens (including phenoxy) is 1. The van der Waals surface area contributed by atoms with Crippen molar-refractivity contribution in [2.45, 2.75) is 32.9 Å². The fourth-order valence-electron chi connectivity index (χ4n) is 0.982. The fraction of sp³-hybridized carbons (Fsp3) is 0.750. The molecule has 0 aliphatic rings. The Morgan fingerprint density at radius 2 is 2.42 bits per heavy atom. The Morgan fingerprint density at radius 3 is 3.08 bits per heavy atom. The first-order valence-electron chi connectivity index (χ1n) is 4.24. The van der Waals surface area contributed by atoms with E-state index < -0.39 is 0 Å². The molecule has 1 aromatic rings. The minimum Gasteiger partial charge on any atom is -0.378 e. The SMILES string of the molecule is CCCCn1cc(COC)nn1. The van der Waals surface area contributed by atoms with Crippen LogP contribution in [0.1, 0.15) is 25.5 Å². The average Bonchev–Trinajstić information content (AvgIpc) is 2.50. The fourth-order valence-corrected chi connectivity index (χ4v) is 0.982. The molecular formula is C8H15N3O. The van der Waals surface area contributed by atoms with Crippen molar-refractivity contribution in [3.63, 3.8) is 0 Å². The van der Waals surface area contributed by atoms with Gasteiger partial charge in [-0.05, 0) is 6.42 Å². The molecule has 0 saturated heterocycles. The van der Waals surface area contributed by atoms with Crippen LogP contribution in [0.5, 0.6) is 0 Å². The summed E-state index contributed by atoms with van der Waals surface area (Å²) in [6.07, 6.45) is 4.26. The quantitative estimate of drug-likeness (QED) is 0.665. The van der Waals surface area contributed by atoms with Crippen LogP contribution in [0.2, 0.25) is 0 Å². The first-order valence-corrected chi connectivity index (χ1v) is 4.24. The highest BCUT2D eigenvalue weighted by molar-refractivity contribution is 4.89. The van der Waals surface area contributed by atoms with Gasteiger partial charge in [-0.15, -0.1) is 5.10 Å². The van der Waals surface area contributed by atoms with Crippen molar-refractivity contribution in [2.24, 2.45) is 0 Å². The zero-order valence-electron chi connectivity index (χ0n) is 7.66. The Kier molecular flexibility index (Phi) is 3.73. The van der Waals surface area contributed by atoms with E-state index in [1.807, 2.05) is 10.9 Å². The molecule has 0 N–H and O–H groups in total. The maximum Gasteiger partial charge on any atom is 0.108 e. The molecule has 0 aliphatic heterocycles. The summed E-state index contributed by atoms with van der Waals surface area (Å²) >= 11 is 0. The highest BCUT2D eigenvalue weighted by atomic mass is 16.5. The Morgan fingerprint density at radius 1 is 1.58 bits per heavy atom. The van der Waals surface area contributed by atoms with Gasteiger partial charge in [0.1, 0.15) is 5.69 Å². The Labute approximate surface area is 72.5 Å². The molecule has 1 heterocycles. The molecule has 1 aromatic heterocycles. The summed E-state index contributed by atoms with van der Waals surface area (Å²) in [4.78, 5) is 0. The molecule has 0 aromatic carbocycles. The summed E-state index contributed by atoms with van der Waals surface area (Å²) in [6, 6.07) is 0. The zero-order chi connectivity index (χ0) is 8.81. The first-order chi connectivity index (χ1) is 5.86. The average molecular weight is 169 g/mol. The number of unbranched alkanes of at least 4 members (excludes halogenated alkanes) is 1. The topological polar surface area (TPSA) is 39.9 Å². The molecule has 1 rings (SSSR count). The number of methoxy groups -OCH3 is 1. The lowest BCUT2D eigenvalue weighted by atomic mass is 10.3. The smallest absolute Gasteiger partial charge is 0.108 e. The van der Waals surface area contributed by atoms with Crippen molar-refractivity contribution in [1.29, 1.82) is 0 Å². The standard InChI is InChI=1S/C8H15N3O/c1-3-4-5-11-6-8(7-12-2)9-10-11/h6H,3-5,7H2,1-2H3. The lowest BCUT2D eigenvalue weighted by Crippen LogP contribution is -1.97. The van der Waals surface area contributed by atoms with Crippen LogP contribution in [0.15, 0.2) is 6.20 Å². The Balaban J connectivity index is 2.41. The van der Waals surface area contributed by atoms with Gasteiger partial charge in [-0.2, -0.15) is 0 Å². The second-order valence-electron chi connectivity index (χ2n) is 2.76. The molecule has 4 heteroatoms. The summed E-state index contributed by atoms with van der Waals surface area (Å²) in [5, 5.41) is 7.91. The van der Waals surface area contributed by atoms with Crippen molar-refractivity contribution in [2.75, 3.05) is 7.11 Å². The van der Waals surface area contributed by atoms with E-state index in [4.69, 9.17) is 4.74 Å². The van der Waals surface area contributed by atoms with Crippen LogP contribution in [0, 0.1) is 0 Å². The predicted octanol–water partition coefficient (Wildman–Crippen LogP) is 1.22. The van der Waals surface area contributed by atoms with E-state index in [1.54, 1.807) is 7.11 Å². The Hall–Kier alpha value is -0.900. The van der Waals surface area contributed by atoms with E-state index in [1.165, 1.54) is 6.42 Å². The van der Waals surface area contributed by atoms with E-state index in [9.17, 15) is 0 Å². The maximum absolute atomic E-state index is 4.93. The van der Waals surface area contributed by atoms with Crippen LogP contribution in [0.25, 0.3) is 0 Å². The van der Waals surface area contributed by atoms with Gasteiger partial charge in [0.25, 0.3) is 0 Å². The summed E-state index contributed by atoms with van der Waals surface area (Å²) in [6.45, 7) is 3.66. The highest BCUT2D eigenvalue weighted by Gasteiger charge is 1.98. The molecule has 0 amide bonds. The van der Waals surface area contributed by atoms with Crippen molar-refractivity contribution in [3.8, 4) is 0 Å². The summed E-state index contributed by atoms with van der Waals surface area (Å²) in [5.74, 6) is 0. The molecule has 0 bridgehead atoms. The second-order valence-corrected chi connectivity index (χ2v) is 2.76. The summed E-state index contributed by atoms with van der Waals surface area (Å²) in [5.41, 5.74) is 0.897. The van der Waals surface area contributed by atoms with Gasteiger partial charge < -0.3 is 4.74 Å². The second kappa shape index (κ2) is 4.87. The monoisotopic (exact) mass is 169 g/mol. The Bertz CT molecular complexity index is 222. The van der Waals surface area contributed by atoms with E-state index in [0.29, 0.717) is 6.61 Å². The lowest BCUT2D eigenvalue weighted by molar-refractivity contribution is 0.181. The van der Waals surface area contributed by atoms with Crippen LogP contribution < -0.4 is 0 Å². The summed E-state index contributed by atoms with van der Waals surface area (Å²) in [7, 11) is 1.66. The van der Waals surface area contributed by atoms with Crippen LogP contribution >= 0.6 is 0 Å². The van der Waals surface area contributed by atoms with Gasteiger partial charge in [0.05, 0.1) is 12.8 Å². The molecule has 0 saturated carbocycles. The minimum absolute atomic E-state index is 0.548. The summed E-state index contributed by atoms with van der Waals surface area (Å²) < 4.78 is 6.79. The molecule has 0 spiro atoms. The van der Waals surface area contributed by atoms with Crippen molar-refractivity contribution in [3.05, 3.63) is 11.9 Å². The maximum atomic E-state index is 4.93. The third kappa shape index (κ3) is 2.62. The molecule has 0 aliphatic carbocycles. The van der Waals surface area contributed by atoms with Crippen molar-refractivity contribution >= 4 is 0 Å². The molecule has 4 nitrogen and oxygen atoms in total. The van der Waals surface area contributed by atoms with Crippen molar-refractivity contribution < 1.29 is 4.74 Å². The van der Waals surface area contributed by atoms with Gasteiger partial charge in [-0.1, -0.05) is 18.6 Å². The number of hydrogen-bond donors (Lipinski definition) is 0. The number of nitrogens with zero attached hydrogens (tertiary/aromatic N) is 3. The molecule has 0 unspecified atom stereocenters. The number of aromatic nitrogens is 3. The zero-order valence-corrected chi connectivity index (χ0v) is 7.66. The largest absolute Gasteiger partial charge is 0.378 e. The van der Waals surface area contributed by atoms with Crippen LogP contribution in [0.4, 0.5) is 0 Å². The van der Waals surface area contributed by atoms with E-state index >= 15 is 0 Å². The van der Waals surface area contributed by atoms with Crippen molar-refractivity contribution in [1.82, 2.24) is 15.0 Å². The van der Waals surface area contributed by atoms with Gasteiger partial charge in [0.2, 0.25) is 0 Å². The number of aryl methyl sites for hydroxylation is 1. The third-order valence-corrected chi connectivity index (χ3v) is 1.62. The molecule has 12 heavy (non-hydrogen) atoms. The normalized spacial score (nSPS) is 10.5. The predicted molar refractivity (Wildman–Crippen MR) is 45.6 cm³/mol. The van der Waals surface area contributed by atoms with Gasteiger partial charge >= 0.3 is 0 Å². The molecule has 68 valence electrons. The van der Waals surface area contributed by atoms with E-state index in [0.717, 1.165) is 18.7 Å². The first kappa shape index (κ1) is 9.19. The van der Waals surface area contributed by atoms with Crippen LogP contribution in [0.3, 0.4) is 0 Å². The molecular weight excluding hydrogens is 154 g/mol. The van der Waals surface area contributed by atoms with Crippen LogP contribution in [-0.4, -0.2) is 22.1 Å². The molecule has 0 radical (unpaired) electrons. The molecule has 0 fully saturated rings. The minimum atomic E-state index is 0.548.